The zero-order valence-electron chi connectivity index (χ0n) is 12.7. The summed E-state index contributed by atoms with van der Waals surface area (Å²) in [6, 6.07) is 2.68. The second kappa shape index (κ2) is 8.37. The number of rotatable bonds is 7. The number of amides is 1. The number of H-pyrrole nitrogens is 2. The Bertz CT molecular complexity index is 1030. The third-order valence-electron chi connectivity index (χ3n) is 2.38. The van der Waals surface area contributed by atoms with E-state index in [4.69, 9.17) is 5.14 Å². The number of pyridine rings is 1. The van der Waals surface area contributed by atoms with Crippen molar-refractivity contribution < 1.29 is 17.4 Å². The summed E-state index contributed by atoms with van der Waals surface area (Å²) in [5.41, 5.74) is 1.20. The molecule has 0 atom stereocenters. The van der Waals surface area contributed by atoms with E-state index < -0.39 is 27.5 Å². The van der Waals surface area contributed by atoms with E-state index in [9.17, 15) is 22.8 Å². The lowest BCUT2D eigenvalue weighted by Gasteiger charge is -2.01. The molecule has 13 nitrogen and oxygen atoms in total. The summed E-state index contributed by atoms with van der Waals surface area (Å²) in [6.07, 6.45) is 2.50. The fraction of sp³-hybridized carbons (Fsp3) is 0.0909. The van der Waals surface area contributed by atoms with Crippen LogP contribution in [-0.2, 0) is 15.1 Å². The van der Waals surface area contributed by atoms with Gasteiger partial charge in [0.05, 0.1) is 12.0 Å². The van der Waals surface area contributed by atoms with Crippen molar-refractivity contribution in [3.05, 3.63) is 44.7 Å². The van der Waals surface area contributed by atoms with E-state index in [0.717, 1.165) is 11.8 Å². The summed E-state index contributed by atoms with van der Waals surface area (Å²) in [6.45, 7) is 0. The van der Waals surface area contributed by atoms with Gasteiger partial charge in [-0.25, -0.2) is 20.3 Å². The van der Waals surface area contributed by atoms with Crippen LogP contribution in [0.3, 0.4) is 0 Å². The van der Waals surface area contributed by atoms with Gasteiger partial charge in [-0.05, 0) is 6.07 Å². The number of aromatic nitrogens is 4. The van der Waals surface area contributed by atoms with Gasteiger partial charge in [-0.1, -0.05) is 11.8 Å². The molecule has 0 saturated heterocycles. The van der Waals surface area contributed by atoms with E-state index in [1.54, 1.807) is 0 Å². The molecule has 0 saturated carbocycles. The van der Waals surface area contributed by atoms with Crippen molar-refractivity contribution in [2.45, 2.75) is 5.03 Å². The van der Waals surface area contributed by atoms with E-state index in [2.05, 4.69) is 24.8 Å². The lowest BCUT2D eigenvalue weighted by atomic mass is 10.3. The predicted molar refractivity (Wildman–Crippen MR) is 89.9 cm³/mol. The minimum atomic E-state index is -4.16. The molecule has 0 aliphatic carbocycles. The molecule has 0 bridgehead atoms. The molecule has 0 unspecified atom stereocenters. The first-order valence-electron chi connectivity index (χ1n) is 6.55. The van der Waals surface area contributed by atoms with E-state index in [1.807, 2.05) is 10.1 Å². The Kier molecular flexibility index (Phi) is 6.21. The number of aromatic amines is 2. The van der Waals surface area contributed by atoms with Gasteiger partial charge in [0, 0.05) is 17.8 Å². The van der Waals surface area contributed by atoms with E-state index in [-0.39, 0.29) is 16.7 Å². The lowest BCUT2D eigenvalue weighted by Crippen LogP contribution is -2.26. The van der Waals surface area contributed by atoms with Crippen molar-refractivity contribution in [2.24, 2.45) is 10.2 Å². The Balaban J connectivity index is 1.84. The molecule has 2 heterocycles. The van der Waals surface area contributed by atoms with Crippen LogP contribution < -0.4 is 26.0 Å². The van der Waals surface area contributed by atoms with E-state index in [1.165, 1.54) is 24.5 Å². The van der Waals surface area contributed by atoms with Crippen LogP contribution in [0.2, 0.25) is 0 Å². The molecule has 1 amide bonds. The van der Waals surface area contributed by atoms with Gasteiger partial charge >= 0.3 is 16.0 Å². The van der Waals surface area contributed by atoms with Gasteiger partial charge in [0.15, 0.2) is 5.03 Å². The van der Waals surface area contributed by atoms with Crippen molar-refractivity contribution in [3.63, 3.8) is 0 Å². The highest BCUT2D eigenvalue weighted by molar-refractivity contribution is 7.99. The molecule has 5 N–H and O–H groups in total. The Morgan fingerprint density at radius 3 is 2.81 bits per heavy atom. The van der Waals surface area contributed by atoms with Gasteiger partial charge in [-0.3, -0.25) is 14.6 Å². The van der Waals surface area contributed by atoms with Crippen molar-refractivity contribution in [1.29, 1.82) is 0 Å². The van der Waals surface area contributed by atoms with Gasteiger partial charge in [0.1, 0.15) is 0 Å². The number of hydrogen-bond donors (Lipinski definition) is 4. The number of nitrogens with one attached hydrogen (secondary N) is 3. The second-order valence-electron chi connectivity index (χ2n) is 4.40. The van der Waals surface area contributed by atoms with Crippen LogP contribution in [0, 0.1) is 0 Å². The van der Waals surface area contributed by atoms with E-state index >= 15 is 0 Å². The van der Waals surface area contributed by atoms with Crippen LogP contribution in [0.4, 0.5) is 0 Å². The largest absolute Gasteiger partial charge is 0.381 e. The Labute approximate surface area is 149 Å². The SMILES string of the molecule is NS(=O)(=O)Oc1ccc(/C=N/NC(=O)CSc2n[nH]c(=O)[nH]c2=O)cn1. The number of nitrogens with zero attached hydrogens (tertiary/aromatic N) is 3. The van der Waals surface area contributed by atoms with Gasteiger partial charge in [-0.2, -0.15) is 23.8 Å². The molecule has 26 heavy (non-hydrogen) atoms. The third kappa shape index (κ3) is 6.46. The highest BCUT2D eigenvalue weighted by Crippen LogP contribution is 2.08. The maximum Gasteiger partial charge on any atom is 0.381 e. The number of nitrogens with two attached hydrogens (primary N) is 1. The zero-order chi connectivity index (χ0) is 19.2. The Hall–Kier alpha value is -3.04. The number of hydrogen-bond acceptors (Lipinski definition) is 10. The van der Waals surface area contributed by atoms with Gasteiger partial charge in [-0.15, -0.1) is 0 Å². The first-order chi connectivity index (χ1) is 12.2. The molecule has 0 aromatic carbocycles. The number of carbonyl (C=O) groups is 1. The van der Waals surface area contributed by atoms with E-state index in [0.29, 0.717) is 5.56 Å². The molecule has 0 aliphatic heterocycles. The minimum absolute atomic E-state index is 0.0709. The smallest absolute Gasteiger partial charge is 0.350 e. The zero-order valence-corrected chi connectivity index (χ0v) is 14.3. The molecular formula is C11H11N7O6S2. The molecule has 15 heteroatoms. The summed E-state index contributed by atoms with van der Waals surface area (Å²) in [4.78, 5) is 39.5. The van der Waals surface area contributed by atoms with Crippen molar-refractivity contribution in [3.8, 4) is 5.88 Å². The molecule has 138 valence electrons. The van der Waals surface area contributed by atoms with Crippen LogP contribution in [0.15, 0.2) is 38.0 Å². The number of thioether (sulfide) groups is 1. The molecule has 2 aromatic rings. The fourth-order valence-electron chi connectivity index (χ4n) is 1.42. The monoisotopic (exact) mass is 401 g/mol. The van der Waals surface area contributed by atoms with Gasteiger partial charge < -0.3 is 4.18 Å². The van der Waals surface area contributed by atoms with Gasteiger partial charge in [0.25, 0.3) is 5.56 Å². The molecule has 0 aliphatic rings. The normalized spacial score (nSPS) is 11.4. The van der Waals surface area contributed by atoms with Crippen LogP contribution in [0.25, 0.3) is 0 Å². The Morgan fingerprint density at radius 2 is 2.19 bits per heavy atom. The molecule has 2 rings (SSSR count). The van der Waals surface area contributed by atoms with Crippen LogP contribution in [0.1, 0.15) is 5.56 Å². The quantitative estimate of drug-likeness (QED) is 0.223. The van der Waals surface area contributed by atoms with Crippen LogP contribution in [-0.4, -0.2) is 46.5 Å². The predicted octanol–water partition coefficient (Wildman–Crippen LogP) is -2.32. The summed E-state index contributed by atoms with van der Waals surface area (Å²) in [7, 11) is -4.16. The molecule has 0 radical (unpaired) electrons. The summed E-state index contributed by atoms with van der Waals surface area (Å²) >= 11 is 0.809. The standard InChI is InChI=1S/C11H11N7O6S2/c12-26(22,23)24-8-2-1-6(3-13-8)4-14-16-7(19)5-25-10-9(20)15-11(21)18-17-10/h1-4H,5H2,(H,16,19)(H2,12,22,23)(H2,15,18,20,21)/b14-4+. The Morgan fingerprint density at radius 1 is 1.42 bits per heavy atom. The number of carbonyl (C=O) groups excluding carboxylic acids is 1. The highest BCUT2D eigenvalue weighted by atomic mass is 32.2. The first kappa shape index (κ1) is 19.3. The average Bonchev–Trinajstić information content (AvgIpc) is 2.54. The molecule has 0 fully saturated rings. The van der Waals surface area contributed by atoms with Crippen molar-refractivity contribution in [1.82, 2.24) is 25.6 Å². The van der Waals surface area contributed by atoms with Crippen LogP contribution in [0.5, 0.6) is 5.88 Å². The average molecular weight is 401 g/mol. The topological polar surface area (TPSA) is 202 Å². The van der Waals surface area contributed by atoms with Crippen molar-refractivity contribution in [2.75, 3.05) is 5.75 Å². The van der Waals surface area contributed by atoms with Gasteiger partial charge in [0.2, 0.25) is 11.8 Å². The molecule has 2 aromatic heterocycles. The van der Waals surface area contributed by atoms with Crippen LogP contribution >= 0.6 is 11.8 Å². The summed E-state index contributed by atoms with van der Waals surface area (Å²) in [5, 5.41) is 13.8. The molecular weight excluding hydrogens is 390 g/mol. The number of hydrazone groups is 1. The molecule has 0 spiro atoms. The maximum absolute atomic E-state index is 11.6. The minimum Gasteiger partial charge on any atom is -0.350 e. The third-order valence-corrected chi connectivity index (χ3v) is 3.74. The fourth-order valence-corrected chi connectivity index (χ4v) is 2.38. The lowest BCUT2D eigenvalue weighted by molar-refractivity contribution is -0.118. The summed E-state index contributed by atoms with van der Waals surface area (Å²) < 4.78 is 25.8. The maximum atomic E-state index is 11.6. The first-order valence-corrected chi connectivity index (χ1v) is 9.00. The highest BCUT2D eigenvalue weighted by Gasteiger charge is 2.07. The van der Waals surface area contributed by atoms with Crippen molar-refractivity contribution >= 4 is 34.2 Å². The second-order valence-corrected chi connectivity index (χ2v) is 6.52. The summed E-state index contributed by atoms with van der Waals surface area (Å²) in [5.74, 6) is -0.914.